The number of anilines is 1. The van der Waals surface area contributed by atoms with Crippen molar-refractivity contribution in [3.05, 3.63) is 63.6 Å². The van der Waals surface area contributed by atoms with E-state index in [0.29, 0.717) is 15.7 Å². The predicted octanol–water partition coefficient (Wildman–Crippen LogP) is 3.58. The van der Waals surface area contributed by atoms with E-state index in [4.69, 9.17) is 23.2 Å². The average molecular weight is 378 g/mol. The number of nitrogens with one attached hydrogen (secondary N) is 2. The quantitative estimate of drug-likeness (QED) is 0.634. The minimum atomic E-state index is -0.752. The van der Waals surface area contributed by atoms with Gasteiger partial charge in [0.1, 0.15) is 0 Å². The molecule has 1 unspecified atom stereocenters. The second kappa shape index (κ2) is 7.33. The number of hydrogen-bond donors (Lipinski definition) is 2. The Morgan fingerprint density at radius 1 is 1.16 bits per heavy atom. The Balaban J connectivity index is 1.63. The molecule has 0 heterocycles. The molecule has 0 saturated heterocycles. The van der Waals surface area contributed by atoms with Crippen LogP contribution in [-0.4, -0.2) is 23.8 Å². The third-order valence-corrected chi connectivity index (χ3v) is 4.87. The number of aryl methyl sites for hydroxylation is 1. The molecule has 0 radical (unpaired) electrons. The lowest BCUT2D eigenvalue weighted by Crippen LogP contribution is -2.44. The van der Waals surface area contributed by atoms with Crippen molar-refractivity contribution in [2.75, 3.05) is 12.5 Å². The smallest absolute Gasteiger partial charge is 0.327 e. The van der Waals surface area contributed by atoms with Crippen molar-refractivity contribution in [1.82, 2.24) is 10.3 Å². The summed E-state index contributed by atoms with van der Waals surface area (Å²) in [6.07, 6.45) is 1.71. The first-order valence-electron chi connectivity index (χ1n) is 7.83. The molecule has 2 aromatic carbocycles. The SMILES string of the molecule is CN(C(=O)C(=O)NNc1ccc(Cl)cc1Cl)C1CCc2ccccc21. The van der Waals surface area contributed by atoms with Gasteiger partial charge in [0.05, 0.1) is 16.8 Å². The summed E-state index contributed by atoms with van der Waals surface area (Å²) in [4.78, 5) is 26.1. The normalized spacial score (nSPS) is 15.4. The molecule has 130 valence electrons. The molecular weight excluding hydrogens is 361 g/mol. The number of likely N-dealkylation sites (N-methyl/N-ethyl adjacent to an activating group) is 1. The van der Waals surface area contributed by atoms with Gasteiger partial charge in [0, 0.05) is 12.1 Å². The van der Waals surface area contributed by atoms with Gasteiger partial charge in [-0.25, -0.2) is 0 Å². The van der Waals surface area contributed by atoms with Crippen molar-refractivity contribution >= 4 is 40.7 Å². The van der Waals surface area contributed by atoms with Crippen LogP contribution in [0.15, 0.2) is 42.5 Å². The third-order valence-electron chi connectivity index (χ3n) is 4.33. The second-order valence-corrected chi connectivity index (χ2v) is 6.72. The summed E-state index contributed by atoms with van der Waals surface area (Å²) in [7, 11) is 1.64. The standard InChI is InChI=1S/C18H17Cl2N3O2/c1-23(16-9-6-11-4-2-3-5-13(11)16)18(25)17(24)22-21-15-8-7-12(19)10-14(15)20/h2-5,7-8,10,16,21H,6,9H2,1H3,(H,22,24). The van der Waals surface area contributed by atoms with Crippen LogP contribution < -0.4 is 10.9 Å². The minimum Gasteiger partial charge on any atom is -0.330 e. The first-order chi connectivity index (χ1) is 12.0. The summed E-state index contributed by atoms with van der Waals surface area (Å²) in [6, 6.07) is 12.7. The van der Waals surface area contributed by atoms with Gasteiger partial charge >= 0.3 is 11.8 Å². The van der Waals surface area contributed by atoms with Crippen LogP contribution in [0.2, 0.25) is 10.0 Å². The Morgan fingerprint density at radius 3 is 2.68 bits per heavy atom. The van der Waals surface area contributed by atoms with Gasteiger partial charge in [0.15, 0.2) is 0 Å². The first kappa shape index (κ1) is 17.6. The highest BCUT2D eigenvalue weighted by atomic mass is 35.5. The fraction of sp³-hybridized carbons (Fsp3) is 0.222. The second-order valence-electron chi connectivity index (χ2n) is 5.87. The van der Waals surface area contributed by atoms with Gasteiger partial charge < -0.3 is 4.90 Å². The number of amides is 2. The van der Waals surface area contributed by atoms with Crippen molar-refractivity contribution in [3.63, 3.8) is 0 Å². The average Bonchev–Trinajstić information content (AvgIpc) is 3.03. The van der Waals surface area contributed by atoms with E-state index in [-0.39, 0.29) is 6.04 Å². The molecular formula is C18H17Cl2N3O2. The van der Waals surface area contributed by atoms with Crippen molar-refractivity contribution in [2.24, 2.45) is 0 Å². The summed E-state index contributed by atoms with van der Waals surface area (Å²) in [5.41, 5.74) is 7.80. The maximum atomic E-state index is 12.4. The molecule has 1 aliphatic carbocycles. The minimum absolute atomic E-state index is 0.0893. The van der Waals surface area contributed by atoms with E-state index in [1.165, 1.54) is 10.5 Å². The van der Waals surface area contributed by atoms with E-state index < -0.39 is 11.8 Å². The molecule has 0 saturated carbocycles. The summed E-state index contributed by atoms with van der Waals surface area (Å²) >= 11 is 11.8. The number of nitrogens with zero attached hydrogens (tertiary/aromatic N) is 1. The van der Waals surface area contributed by atoms with Crippen molar-refractivity contribution in [1.29, 1.82) is 0 Å². The molecule has 3 rings (SSSR count). The fourth-order valence-electron chi connectivity index (χ4n) is 3.01. The molecule has 5 nitrogen and oxygen atoms in total. The zero-order valence-electron chi connectivity index (χ0n) is 13.6. The number of benzene rings is 2. The van der Waals surface area contributed by atoms with E-state index in [0.717, 1.165) is 18.4 Å². The van der Waals surface area contributed by atoms with Gasteiger partial charge in [0.25, 0.3) is 0 Å². The van der Waals surface area contributed by atoms with Crippen LogP contribution in [0.1, 0.15) is 23.6 Å². The van der Waals surface area contributed by atoms with Crippen LogP contribution in [0.25, 0.3) is 0 Å². The molecule has 0 bridgehead atoms. The number of fused-ring (bicyclic) bond motifs is 1. The first-order valence-corrected chi connectivity index (χ1v) is 8.59. The largest absolute Gasteiger partial charge is 0.330 e. The van der Waals surface area contributed by atoms with Crippen molar-refractivity contribution in [2.45, 2.75) is 18.9 Å². The summed E-state index contributed by atoms with van der Waals surface area (Å²) in [5, 5.41) is 0.830. The van der Waals surface area contributed by atoms with E-state index in [1.54, 1.807) is 25.2 Å². The Hall–Kier alpha value is -2.24. The van der Waals surface area contributed by atoms with Crippen LogP contribution in [0.3, 0.4) is 0 Å². The molecule has 0 aromatic heterocycles. The van der Waals surface area contributed by atoms with Gasteiger partial charge in [-0.15, -0.1) is 0 Å². The monoisotopic (exact) mass is 377 g/mol. The van der Waals surface area contributed by atoms with E-state index in [2.05, 4.69) is 16.9 Å². The summed E-state index contributed by atoms with van der Waals surface area (Å²) in [5.74, 6) is -1.36. The molecule has 2 N–H and O–H groups in total. The van der Waals surface area contributed by atoms with Gasteiger partial charge in [-0.2, -0.15) is 0 Å². The van der Waals surface area contributed by atoms with Gasteiger partial charge in [-0.3, -0.25) is 20.4 Å². The zero-order valence-corrected chi connectivity index (χ0v) is 15.1. The molecule has 0 aliphatic heterocycles. The maximum absolute atomic E-state index is 12.4. The molecule has 2 aromatic rings. The van der Waals surface area contributed by atoms with E-state index >= 15 is 0 Å². The van der Waals surface area contributed by atoms with Crippen LogP contribution in [0.4, 0.5) is 5.69 Å². The number of carbonyl (C=O) groups excluding carboxylic acids is 2. The summed E-state index contributed by atoms with van der Waals surface area (Å²) in [6.45, 7) is 0. The van der Waals surface area contributed by atoms with Crippen LogP contribution in [0.5, 0.6) is 0 Å². The van der Waals surface area contributed by atoms with Gasteiger partial charge in [0.2, 0.25) is 0 Å². The maximum Gasteiger partial charge on any atom is 0.327 e. The lowest BCUT2D eigenvalue weighted by Gasteiger charge is -2.25. The number of hydrazine groups is 1. The van der Waals surface area contributed by atoms with Gasteiger partial charge in [-0.1, -0.05) is 47.5 Å². The van der Waals surface area contributed by atoms with E-state index in [9.17, 15) is 9.59 Å². The van der Waals surface area contributed by atoms with Crippen LogP contribution >= 0.6 is 23.2 Å². The summed E-state index contributed by atoms with van der Waals surface area (Å²) < 4.78 is 0. The highest BCUT2D eigenvalue weighted by Gasteiger charge is 2.31. The Kier molecular flexibility index (Phi) is 5.16. The molecule has 1 aliphatic rings. The number of halogens is 2. The molecule has 0 fully saturated rings. The highest BCUT2D eigenvalue weighted by Crippen LogP contribution is 2.34. The lowest BCUT2D eigenvalue weighted by molar-refractivity contribution is -0.146. The molecule has 25 heavy (non-hydrogen) atoms. The van der Waals surface area contributed by atoms with Crippen LogP contribution in [0, 0.1) is 0 Å². The Labute approximate surface area is 155 Å². The Bertz CT molecular complexity index is 826. The molecule has 1 atom stereocenters. The third kappa shape index (κ3) is 3.72. The zero-order chi connectivity index (χ0) is 18.0. The topological polar surface area (TPSA) is 61.4 Å². The van der Waals surface area contributed by atoms with Gasteiger partial charge in [-0.05, 0) is 42.2 Å². The van der Waals surface area contributed by atoms with Crippen LogP contribution in [-0.2, 0) is 16.0 Å². The van der Waals surface area contributed by atoms with E-state index in [1.807, 2.05) is 18.2 Å². The van der Waals surface area contributed by atoms with Crippen molar-refractivity contribution < 1.29 is 9.59 Å². The number of carbonyl (C=O) groups is 2. The Morgan fingerprint density at radius 2 is 1.92 bits per heavy atom. The number of hydrogen-bond acceptors (Lipinski definition) is 3. The number of rotatable bonds is 3. The molecule has 7 heteroatoms. The molecule has 0 spiro atoms. The van der Waals surface area contributed by atoms with Crippen molar-refractivity contribution in [3.8, 4) is 0 Å². The highest BCUT2D eigenvalue weighted by molar-refractivity contribution is 6.37. The lowest BCUT2D eigenvalue weighted by atomic mass is 10.1. The fourth-order valence-corrected chi connectivity index (χ4v) is 3.46. The predicted molar refractivity (Wildman–Crippen MR) is 98.5 cm³/mol. The molecule has 2 amide bonds.